The topological polar surface area (TPSA) is 122 Å². The molecule has 0 atom stereocenters. The Balaban J connectivity index is 1.35. The molecular weight excluding hydrogens is 466 g/mol. The average molecular weight is 488 g/mol. The minimum Gasteiger partial charge on any atom is -0.314 e. The molecule has 1 fully saturated rings. The van der Waals surface area contributed by atoms with Crippen LogP contribution in [0.1, 0.15) is 22.5 Å². The number of aryl methyl sites for hydroxylation is 2. The number of hydrogen-bond donors (Lipinski definition) is 2. The van der Waals surface area contributed by atoms with Gasteiger partial charge in [0, 0.05) is 11.4 Å². The summed E-state index contributed by atoms with van der Waals surface area (Å²) in [5.74, 6) is -0.806. The lowest BCUT2D eigenvalue weighted by Gasteiger charge is -2.27. The second-order valence-corrected chi connectivity index (χ2v) is 8.96. The number of rotatable bonds is 6. The van der Waals surface area contributed by atoms with Crippen LogP contribution < -0.4 is 10.7 Å². The first-order valence-electron chi connectivity index (χ1n) is 10.8. The molecule has 2 N–H and O–H groups in total. The van der Waals surface area contributed by atoms with Gasteiger partial charge in [0.25, 0.3) is 11.7 Å². The Labute approximate surface area is 204 Å². The number of hydrazine groups is 1. The van der Waals surface area contributed by atoms with Gasteiger partial charge in [0.15, 0.2) is 5.54 Å². The van der Waals surface area contributed by atoms with Crippen LogP contribution in [0.15, 0.2) is 71.9 Å². The molecule has 2 aromatic heterocycles. The summed E-state index contributed by atoms with van der Waals surface area (Å²) in [6.45, 7) is 3.76. The summed E-state index contributed by atoms with van der Waals surface area (Å²) in [5.41, 5.74) is 3.83. The smallest absolute Gasteiger partial charge is 0.314 e. The molecule has 176 valence electrons. The highest BCUT2D eigenvalue weighted by Gasteiger charge is 2.54. The fourth-order valence-corrected chi connectivity index (χ4v) is 4.67. The maximum absolute atomic E-state index is 13.6. The van der Waals surface area contributed by atoms with Crippen molar-refractivity contribution in [1.29, 1.82) is 0 Å². The van der Waals surface area contributed by atoms with Gasteiger partial charge >= 0.3 is 6.03 Å². The lowest BCUT2D eigenvalue weighted by atomic mass is 9.83. The predicted molar refractivity (Wildman–Crippen MR) is 128 cm³/mol. The standard InChI is InChI=1S/C24H21N7O3S/c1-15-13-16(2)30-21(25-15)26-22(29-30)35-14-19(32)28-31-20(33)24(27-23(31)34,17-9-5-3-6-10-17)18-11-7-4-8-12-18/h3-13H,14H2,1-2H3,(H,27,34)(H,28,32). The number of carbonyl (C=O) groups is 3. The molecule has 0 unspecified atom stereocenters. The number of nitrogens with zero attached hydrogens (tertiary/aromatic N) is 5. The lowest BCUT2D eigenvalue weighted by Crippen LogP contribution is -2.49. The Morgan fingerprint density at radius 1 is 1.00 bits per heavy atom. The van der Waals surface area contributed by atoms with Crippen molar-refractivity contribution in [2.75, 3.05) is 5.75 Å². The van der Waals surface area contributed by atoms with Crippen molar-refractivity contribution in [3.05, 3.63) is 89.2 Å². The summed E-state index contributed by atoms with van der Waals surface area (Å²) >= 11 is 1.08. The molecule has 0 radical (unpaired) electrons. The van der Waals surface area contributed by atoms with Crippen molar-refractivity contribution in [2.45, 2.75) is 24.5 Å². The molecule has 10 nitrogen and oxygen atoms in total. The summed E-state index contributed by atoms with van der Waals surface area (Å²) in [6.07, 6.45) is 0. The van der Waals surface area contributed by atoms with Crippen LogP contribution in [0.3, 0.4) is 0 Å². The quantitative estimate of drug-likeness (QED) is 0.316. The van der Waals surface area contributed by atoms with Crippen LogP contribution >= 0.6 is 11.8 Å². The Hall–Kier alpha value is -4.25. The molecule has 1 aliphatic heterocycles. The molecule has 4 aromatic rings. The van der Waals surface area contributed by atoms with E-state index in [1.807, 2.05) is 32.0 Å². The third-order valence-electron chi connectivity index (χ3n) is 5.60. The summed E-state index contributed by atoms with van der Waals surface area (Å²) in [4.78, 5) is 47.9. The van der Waals surface area contributed by atoms with Crippen LogP contribution in [0.2, 0.25) is 0 Å². The number of urea groups is 1. The van der Waals surface area contributed by atoms with Crippen molar-refractivity contribution in [2.24, 2.45) is 0 Å². The van der Waals surface area contributed by atoms with Gasteiger partial charge in [-0.05, 0) is 31.0 Å². The number of imide groups is 1. The first-order chi connectivity index (χ1) is 16.9. The van der Waals surface area contributed by atoms with Crippen molar-refractivity contribution >= 4 is 35.4 Å². The number of hydrogen-bond acceptors (Lipinski definition) is 7. The van der Waals surface area contributed by atoms with Gasteiger partial charge in [-0.1, -0.05) is 72.4 Å². The second kappa shape index (κ2) is 8.84. The van der Waals surface area contributed by atoms with E-state index >= 15 is 0 Å². The molecule has 4 amide bonds. The van der Waals surface area contributed by atoms with Crippen molar-refractivity contribution < 1.29 is 14.4 Å². The van der Waals surface area contributed by atoms with Gasteiger partial charge in [-0.2, -0.15) is 9.99 Å². The average Bonchev–Trinajstić information content (AvgIpc) is 3.38. The number of carbonyl (C=O) groups excluding carboxylic acids is 3. The third-order valence-corrected chi connectivity index (χ3v) is 6.44. The molecular formula is C24H21N7O3S. The van der Waals surface area contributed by atoms with E-state index in [0.717, 1.165) is 28.2 Å². The number of thioether (sulfide) groups is 1. The van der Waals surface area contributed by atoms with E-state index < -0.39 is 23.4 Å². The molecule has 35 heavy (non-hydrogen) atoms. The highest BCUT2D eigenvalue weighted by molar-refractivity contribution is 7.99. The normalized spacial score (nSPS) is 14.9. The van der Waals surface area contributed by atoms with Crippen LogP contribution in [-0.4, -0.2) is 48.2 Å². The number of nitrogens with one attached hydrogen (secondary N) is 2. The molecule has 2 aromatic carbocycles. The predicted octanol–water partition coefficient (Wildman–Crippen LogP) is 2.36. The van der Waals surface area contributed by atoms with Crippen LogP contribution in [0.25, 0.3) is 5.78 Å². The van der Waals surface area contributed by atoms with E-state index in [-0.39, 0.29) is 5.75 Å². The van der Waals surface area contributed by atoms with E-state index in [1.165, 1.54) is 0 Å². The van der Waals surface area contributed by atoms with Gasteiger partial charge in [0.1, 0.15) is 0 Å². The Morgan fingerprint density at radius 2 is 1.63 bits per heavy atom. The number of aromatic nitrogens is 4. The van der Waals surface area contributed by atoms with Gasteiger partial charge in [-0.15, -0.1) is 5.10 Å². The molecule has 1 aliphatic rings. The third kappa shape index (κ3) is 3.99. The lowest BCUT2D eigenvalue weighted by molar-refractivity contribution is -0.137. The van der Waals surface area contributed by atoms with Crippen molar-refractivity contribution in [3.8, 4) is 0 Å². The summed E-state index contributed by atoms with van der Waals surface area (Å²) in [6, 6.07) is 19.0. The molecule has 5 rings (SSSR count). The SMILES string of the molecule is Cc1cc(C)n2nc(SCC(=O)NN3C(=O)NC(c4ccccc4)(c4ccccc4)C3=O)nc2n1. The van der Waals surface area contributed by atoms with Crippen molar-refractivity contribution in [1.82, 2.24) is 35.3 Å². The zero-order valence-electron chi connectivity index (χ0n) is 18.9. The minimum absolute atomic E-state index is 0.102. The van der Waals surface area contributed by atoms with E-state index in [1.54, 1.807) is 53.0 Å². The number of amides is 4. The zero-order valence-corrected chi connectivity index (χ0v) is 19.7. The zero-order chi connectivity index (χ0) is 24.6. The molecule has 0 saturated carbocycles. The summed E-state index contributed by atoms with van der Waals surface area (Å²) < 4.78 is 1.60. The maximum Gasteiger partial charge on any atom is 0.344 e. The molecule has 0 bridgehead atoms. The van der Waals surface area contributed by atoms with Crippen LogP contribution in [0, 0.1) is 13.8 Å². The van der Waals surface area contributed by atoms with E-state index in [9.17, 15) is 14.4 Å². The highest BCUT2D eigenvalue weighted by Crippen LogP contribution is 2.35. The Kier molecular flexibility index (Phi) is 5.69. The fourth-order valence-electron chi connectivity index (χ4n) is 4.06. The van der Waals surface area contributed by atoms with Gasteiger partial charge in [0.2, 0.25) is 11.1 Å². The molecule has 1 saturated heterocycles. The summed E-state index contributed by atoms with van der Waals surface area (Å²) in [7, 11) is 0. The fraction of sp³-hybridized carbons (Fsp3) is 0.167. The van der Waals surface area contributed by atoms with Crippen LogP contribution in [-0.2, 0) is 15.1 Å². The molecule has 0 aliphatic carbocycles. The number of fused-ring (bicyclic) bond motifs is 1. The van der Waals surface area contributed by atoms with Gasteiger partial charge in [-0.3, -0.25) is 15.0 Å². The van der Waals surface area contributed by atoms with Gasteiger partial charge in [-0.25, -0.2) is 14.3 Å². The largest absolute Gasteiger partial charge is 0.344 e. The van der Waals surface area contributed by atoms with Crippen LogP contribution in [0.4, 0.5) is 4.79 Å². The first-order valence-corrected chi connectivity index (χ1v) is 11.8. The highest BCUT2D eigenvalue weighted by atomic mass is 32.2. The van der Waals surface area contributed by atoms with Gasteiger partial charge < -0.3 is 5.32 Å². The van der Waals surface area contributed by atoms with E-state index in [2.05, 4.69) is 25.8 Å². The van der Waals surface area contributed by atoms with Gasteiger partial charge in [0.05, 0.1) is 5.75 Å². The molecule has 0 spiro atoms. The Bertz CT molecular complexity index is 1400. The number of benzene rings is 2. The summed E-state index contributed by atoms with van der Waals surface area (Å²) in [5, 5.41) is 8.24. The molecule has 11 heteroatoms. The Morgan fingerprint density at radius 3 is 2.26 bits per heavy atom. The first kappa shape index (κ1) is 22.5. The van der Waals surface area contributed by atoms with E-state index in [4.69, 9.17) is 0 Å². The van der Waals surface area contributed by atoms with Crippen molar-refractivity contribution in [3.63, 3.8) is 0 Å². The minimum atomic E-state index is -1.45. The second-order valence-electron chi connectivity index (χ2n) is 8.02. The maximum atomic E-state index is 13.6. The monoisotopic (exact) mass is 487 g/mol. The van der Waals surface area contributed by atoms with Crippen LogP contribution in [0.5, 0.6) is 0 Å². The van der Waals surface area contributed by atoms with E-state index in [0.29, 0.717) is 22.1 Å². The molecule has 3 heterocycles.